The van der Waals surface area contributed by atoms with Gasteiger partial charge in [0.2, 0.25) is 5.91 Å². The molecule has 104 valence electrons. The van der Waals surface area contributed by atoms with Crippen molar-refractivity contribution >= 4 is 12.0 Å². The zero-order chi connectivity index (χ0) is 14.0. The molecule has 1 aliphatic carbocycles. The number of carbonyl (C=O) groups excluding carboxylic acids is 2. The second-order valence-electron chi connectivity index (χ2n) is 6.50. The highest BCUT2D eigenvalue weighted by Crippen LogP contribution is 2.28. The third-order valence-corrected chi connectivity index (χ3v) is 2.49. The zero-order valence-corrected chi connectivity index (χ0v) is 11.9. The second-order valence-corrected chi connectivity index (χ2v) is 6.50. The highest BCUT2D eigenvalue weighted by Gasteiger charge is 2.31. The van der Waals surface area contributed by atoms with Crippen molar-refractivity contribution in [2.45, 2.75) is 58.6 Å². The Balaban J connectivity index is 2.33. The van der Waals surface area contributed by atoms with Crippen LogP contribution in [0.4, 0.5) is 4.79 Å². The summed E-state index contributed by atoms with van der Waals surface area (Å²) in [6.07, 6.45) is 1.49. The van der Waals surface area contributed by atoms with Crippen LogP contribution in [0.3, 0.4) is 0 Å². The van der Waals surface area contributed by atoms with E-state index in [1.807, 2.05) is 34.6 Å². The van der Waals surface area contributed by atoms with Gasteiger partial charge in [0.25, 0.3) is 0 Å². The van der Waals surface area contributed by atoms with E-state index in [9.17, 15) is 9.59 Å². The van der Waals surface area contributed by atoms with E-state index in [2.05, 4.69) is 10.6 Å². The molecule has 0 aromatic carbocycles. The fourth-order valence-electron chi connectivity index (χ4n) is 1.42. The maximum atomic E-state index is 11.6. The molecule has 0 radical (unpaired) electrons. The molecule has 1 saturated carbocycles. The molecule has 1 aliphatic rings. The molecule has 2 amide bonds. The predicted molar refractivity (Wildman–Crippen MR) is 69.2 cm³/mol. The van der Waals surface area contributed by atoms with E-state index < -0.39 is 17.2 Å². The van der Waals surface area contributed by atoms with Crippen molar-refractivity contribution in [3.05, 3.63) is 0 Å². The van der Waals surface area contributed by atoms with Crippen molar-refractivity contribution in [1.29, 1.82) is 0 Å². The first-order valence-corrected chi connectivity index (χ1v) is 6.38. The lowest BCUT2D eigenvalue weighted by atomic mass is 10.1. The van der Waals surface area contributed by atoms with E-state index in [4.69, 9.17) is 4.74 Å². The number of ether oxygens (including phenoxy) is 1. The minimum Gasteiger partial charge on any atom is -0.444 e. The molecule has 0 unspecified atom stereocenters. The standard InChI is InChI=1S/C13H24N2O3/c1-12(2,3)18-11(17)15-13(4,5)8-14-10(16)9-6-7-9/h9H,6-8H2,1-5H3,(H,14,16)(H,15,17). The van der Waals surface area contributed by atoms with Crippen LogP contribution in [-0.4, -0.2) is 29.7 Å². The maximum absolute atomic E-state index is 11.6. The number of rotatable bonds is 4. The lowest BCUT2D eigenvalue weighted by Crippen LogP contribution is -2.52. The van der Waals surface area contributed by atoms with Gasteiger partial charge < -0.3 is 15.4 Å². The Kier molecular flexibility index (Phi) is 4.24. The minimum atomic E-state index is -0.521. The van der Waals surface area contributed by atoms with Crippen molar-refractivity contribution < 1.29 is 14.3 Å². The van der Waals surface area contributed by atoms with Crippen LogP contribution < -0.4 is 10.6 Å². The van der Waals surface area contributed by atoms with Gasteiger partial charge in [-0.1, -0.05) is 0 Å². The van der Waals surface area contributed by atoms with Crippen molar-refractivity contribution in [2.24, 2.45) is 5.92 Å². The van der Waals surface area contributed by atoms with Gasteiger partial charge in [0, 0.05) is 12.5 Å². The fourth-order valence-corrected chi connectivity index (χ4v) is 1.42. The van der Waals surface area contributed by atoms with Gasteiger partial charge in [-0.15, -0.1) is 0 Å². The first-order chi connectivity index (χ1) is 8.09. The Bertz CT molecular complexity index is 328. The molecule has 0 saturated heterocycles. The molecule has 1 fully saturated rings. The average molecular weight is 256 g/mol. The van der Waals surface area contributed by atoms with Crippen LogP contribution in [0.2, 0.25) is 0 Å². The summed E-state index contributed by atoms with van der Waals surface area (Å²) in [6.45, 7) is 9.55. The van der Waals surface area contributed by atoms with Crippen LogP contribution in [0.5, 0.6) is 0 Å². The molecule has 0 aliphatic heterocycles. The molecule has 18 heavy (non-hydrogen) atoms. The lowest BCUT2D eigenvalue weighted by molar-refractivity contribution is -0.122. The van der Waals surface area contributed by atoms with E-state index in [1.54, 1.807) is 0 Å². The molecule has 0 atom stereocenters. The summed E-state index contributed by atoms with van der Waals surface area (Å²) in [6, 6.07) is 0. The van der Waals surface area contributed by atoms with Crippen molar-refractivity contribution in [3.8, 4) is 0 Å². The smallest absolute Gasteiger partial charge is 0.408 e. The minimum absolute atomic E-state index is 0.0778. The normalized spacial score (nSPS) is 16.1. The fraction of sp³-hybridized carbons (Fsp3) is 0.846. The third-order valence-electron chi connectivity index (χ3n) is 2.49. The summed E-state index contributed by atoms with van der Waals surface area (Å²) in [5.74, 6) is 0.261. The Hall–Kier alpha value is -1.26. The highest BCUT2D eigenvalue weighted by molar-refractivity contribution is 5.81. The number of carbonyl (C=O) groups is 2. The Morgan fingerprint density at radius 1 is 1.17 bits per heavy atom. The first-order valence-electron chi connectivity index (χ1n) is 6.38. The molecule has 0 heterocycles. The Morgan fingerprint density at radius 3 is 2.17 bits per heavy atom. The van der Waals surface area contributed by atoms with Crippen molar-refractivity contribution in [2.75, 3.05) is 6.54 Å². The molecule has 0 aromatic heterocycles. The van der Waals surface area contributed by atoms with Crippen molar-refractivity contribution in [1.82, 2.24) is 10.6 Å². The molecule has 2 N–H and O–H groups in total. The van der Waals surface area contributed by atoms with Crippen LogP contribution in [0.25, 0.3) is 0 Å². The predicted octanol–water partition coefficient (Wildman–Crippen LogP) is 1.82. The largest absolute Gasteiger partial charge is 0.444 e. The highest BCUT2D eigenvalue weighted by atomic mass is 16.6. The molecular weight excluding hydrogens is 232 g/mol. The molecule has 0 spiro atoms. The summed E-state index contributed by atoms with van der Waals surface area (Å²) in [5, 5.41) is 5.60. The summed E-state index contributed by atoms with van der Waals surface area (Å²) in [7, 11) is 0. The lowest BCUT2D eigenvalue weighted by Gasteiger charge is -2.28. The third kappa shape index (κ3) is 5.89. The quantitative estimate of drug-likeness (QED) is 0.806. The molecular formula is C13H24N2O3. The summed E-state index contributed by atoms with van der Waals surface area (Å²) in [4.78, 5) is 23.1. The van der Waals surface area contributed by atoms with Crippen LogP contribution in [-0.2, 0) is 9.53 Å². The van der Waals surface area contributed by atoms with Crippen LogP contribution in [0.1, 0.15) is 47.5 Å². The van der Waals surface area contributed by atoms with Gasteiger partial charge in [-0.25, -0.2) is 4.79 Å². The molecule has 0 bridgehead atoms. The first kappa shape index (κ1) is 14.8. The van der Waals surface area contributed by atoms with Crippen LogP contribution in [0.15, 0.2) is 0 Å². The number of hydrogen-bond donors (Lipinski definition) is 2. The van der Waals surface area contributed by atoms with E-state index in [0.717, 1.165) is 12.8 Å². The van der Waals surface area contributed by atoms with Crippen LogP contribution in [0, 0.1) is 5.92 Å². The average Bonchev–Trinajstić information content (AvgIpc) is 2.92. The van der Waals surface area contributed by atoms with Gasteiger partial charge >= 0.3 is 6.09 Å². The number of nitrogens with one attached hydrogen (secondary N) is 2. The SMILES string of the molecule is CC(C)(CNC(=O)C1CC1)NC(=O)OC(C)(C)C. The summed E-state index contributed by atoms with van der Waals surface area (Å²) >= 11 is 0. The van der Waals surface area contributed by atoms with Gasteiger partial charge in [-0.05, 0) is 47.5 Å². The van der Waals surface area contributed by atoms with Gasteiger partial charge in [-0.3, -0.25) is 4.79 Å². The molecule has 0 aromatic rings. The summed E-state index contributed by atoms with van der Waals surface area (Å²) < 4.78 is 5.18. The number of alkyl carbamates (subject to hydrolysis) is 1. The van der Waals surface area contributed by atoms with Gasteiger partial charge in [0.1, 0.15) is 5.60 Å². The number of amides is 2. The second kappa shape index (κ2) is 5.16. The Labute approximate surface area is 109 Å². The van der Waals surface area contributed by atoms with Gasteiger partial charge in [-0.2, -0.15) is 0 Å². The van der Waals surface area contributed by atoms with Crippen LogP contribution >= 0.6 is 0 Å². The van der Waals surface area contributed by atoms with E-state index in [0.29, 0.717) is 6.54 Å². The monoisotopic (exact) mass is 256 g/mol. The van der Waals surface area contributed by atoms with E-state index in [1.165, 1.54) is 0 Å². The topological polar surface area (TPSA) is 67.4 Å². The molecule has 5 nitrogen and oxygen atoms in total. The Morgan fingerprint density at radius 2 is 1.72 bits per heavy atom. The van der Waals surface area contributed by atoms with E-state index >= 15 is 0 Å². The molecule has 1 rings (SSSR count). The number of hydrogen-bond acceptors (Lipinski definition) is 3. The summed E-state index contributed by atoms with van der Waals surface area (Å²) in [5.41, 5.74) is -1.04. The van der Waals surface area contributed by atoms with Crippen molar-refractivity contribution in [3.63, 3.8) is 0 Å². The molecule has 5 heteroatoms. The van der Waals surface area contributed by atoms with Gasteiger partial charge in [0.05, 0.1) is 5.54 Å². The zero-order valence-electron chi connectivity index (χ0n) is 11.9. The van der Waals surface area contributed by atoms with E-state index in [-0.39, 0.29) is 11.8 Å². The van der Waals surface area contributed by atoms with Gasteiger partial charge in [0.15, 0.2) is 0 Å². The maximum Gasteiger partial charge on any atom is 0.408 e.